The number of benzene rings is 1. The van der Waals surface area contributed by atoms with Crippen LogP contribution in [0.25, 0.3) is 0 Å². The van der Waals surface area contributed by atoms with Crippen LogP contribution in [0.5, 0.6) is 0 Å². The molecule has 6 heteroatoms. The number of hydrogen-bond acceptors (Lipinski definition) is 4. The van der Waals surface area contributed by atoms with Gasteiger partial charge in [-0.1, -0.05) is 6.07 Å². The molecule has 1 aromatic rings. The van der Waals surface area contributed by atoms with Crippen molar-refractivity contribution in [1.82, 2.24) is 0 Å². The van der Waals surface area contributed by atoms with E-state index >= 15 is 0 Å². The second-order valence-corrected chi connectivity index (χ2v) is 5.17. The molecule has 0 amide bonds. The van der Waals surface area contributed by atoms with Crippen molar-refractivity contribution in [3.63, 3.8) is 0 Å². The van der Waals surface area contributed by atoms with Crippen molar-refractivity contribution in [3.05, 3.63) is 58.2 Å². The van der Waals surface area contributed by atoms with Crippen molar-refractivity contribution < 1.29 is 18.3 Å². The number of rotatable bonds is 1. The molecule has 1 aliphatic heterocycles. The molecule has 112 valence electrons. The van der Waals surface area contributed by atoms with Crippen molar-refractivity contribution in [2.75, 3.05) is 0 Å². The molecule has 1 aromatic carbocycles. The van der Waals surface area contributed by atoms with Gasteiger partial charge in [0.15, 0.2) is 5.78 Å². The lowest BCUT2D eigenvalue weighted by Crippen LogP contribution is -2.28. The molecule has 1 unspecified atom stereocenters. The predicted octanol–water partition coefficient (Wildman–Crippen LogP) is 2.78. The monoisotopic (exact) mass is 302 g/mol. The van der Waals surface area contributed by atoms with Crippen LogP contribution in [0.15, 0.2) is 41.0 Å². The number of carbonyl (C=O) groups excluding carboxylic acids is 1. The van der Waals surface area contributed by atoms with Gasteiger partial charge >= 0.3 is 0 Å². The van der Waals surface area contributed by atoms with Gasteiger partial charge in [0.05, 0.1) is 5.92 Å². The van der Waals surface area contributed by atoms with Crippen molar-refractivity contribution in [1.29, 1.82) is 5.26 Å². The van der Waals surface area contributed by atoms with Gasteiger partial charge in [-0.3, -0.25) is 4.79 Å². The summed E-state index contributed by atoms with van der Waals surface area (Å²) in [6, 6.07) is 5.23. The number of nitrogens with two attached hydrogens (primary N) is 1. The molecule has 3 rings (SSSR count). The van der Waals surface area contributed by atoms with Crippen LogP contribution >= 0.6 is 0 Å². The molecule has 0 saturated heterocycles. The summed E-state index contributed by atoms with van der Waals surface area (Å²) in [5.41, 5.74) is 5.37. The minimum Gasteiger partial charge on any atom is -0.444 e. The minimum absolute atomic E-state index is 0.140. The molecular formula is C16H12F2N2O2. The first-order valence-corrected chi connectivity index (χ1v) is 6.82. The Morgan fingerprint density at radius 3 is 2.59 bits per heavy atom. The number of nitriles is 1. The molecule has 1 atom stereocenters. The maximum atomic E-state index is 14.2. The van der Waals surface area contributed by atoms with E-state index in [0.717, 1.165) is 12.1 Å². The third kappa shape index (κ3) is 2.06. The Morgan fingerprint density at radius 2 is 1.95 bits per heavy atom. The third-order valence-electron chi connectivity index (χ3n) is 3.89. The lowest BCUT2D eigenvalue weighted by Gasteiger charge is -2.31. The van der Waals surface area contributed by atoms with E-state index in [9.17, 15) is 18.8 Å². The maximum Gasteiger partial charge on any atom is 0.205 e. The molecule has 0 spiro atoms. The van der Waals surface area contributed by atoms with Gasteiger partial charge < -0.3 is 10.5 Å². The fraction of sp³-hybridized carbons (Fsp3) is 0.250. The Balaban J connectivity index is 2.28. The molecule has 22 heavy (non-hydrogen) atoms. The van der Waals surface area contributed by atoms with Crippen molar-refractivity contribution in [3.8, 4) is 6.07 Å². The molecular weight excluding hydrogens is 290 g/mol. The predicted molar refractivity (Wildman–Crippen MR) is 72.9 cm³/mol. The van der Waals surface area contributed by atoms with Crippen molar-refractivity contribution in [2.24, 2.45) is 5.73 Å². The lowest BCUT2D eigenvalue weighted by molar-refractivity contribution is -0.116. The Bertz CT molecular complexity index is 755. The van der Waals surface area contributed by atoms with Crippen molar-refractivity contribution >= 4 is 5.78 Å². The Morgan fingerprint density at radius 1 is 1.27 bits per heavy atom. The molecule has 1 heterocycles. The molecule has 4 nitrogen and oxygen atoms in total. The van der Waals surface area contributed by atoms with Gasteiger partial charge in [0.1, 0.15) is 29.0 Å². The Kier molecular flexibility index (Phi) is 3.41. The summed E-state index contributed by atoms with van der Waals surface area (Å²) in [6.45, 7) is 0. The average molecular weight is 302 g/mol. The van der Waals surface area contributed by atoms with Crippen LogP contribution in [-0.4, -0.2) is 5.78 Å². The molecule has 0 saturated carbocycles. The molecule has 2 aliphatic rings. The first-order valence-electron chi connectivity index (χ1n) is 6.82. The number of halogens is 2. The van der Waals surface area contributed by atoms with E-state index in [-0.39, 0.29) is 34.8 Å². The van der Waals surface area contributed by atoms with E-state index in [2.05, 4.69) is 0 Å². The van der Waals surface area contributed by atoms with E-state index in [1.165, 1.54) is 6.07 Å². The van der Waals surface area contributed by atoms with E-state index in [1.54, 1.807) is 0 Å². The zero-order valence-electron chi connectivity index (χ0n) is 11.5. The van der Waals surface area contributed by atoms with Crippen LogP contribution in [0, 0.1) is 23.0 Å². The molecule has 0 aromatic heterocycles. The summed E-state index contributed by atoms with van der Waals surface area (Å²) >= 11 is 0. The van der Waals surface area contributed by atoms with Crippen LogP contribution in [-0.2, 0) is 9.53 Å². The molecule has 1 aliphatic carbocycles. The standard InChI is InChI=1S/C16H12F2N2O2/c17-9-3-1-4-10(18)14(9)13-8(7-19)16(20)22-12-6-2-5-11(21)15(12)13/h1,3-4,13H,2,5-6,20H2. The van der Waals surface area contributed by atoms with Crippen molar-refractivity contribution in [2.45, 2.75) is 25.2 Å². The smallest absolute Gasteiger partial charge is 0.205 e. The summed E-state index contributed by atoms with van der Waals surface area (Å²) < 4.78 is 33.7. The highest BCUT2D eigenvalue weighted by molar-refractivity contribution is 5.99. The second-order valence-electron chi connectivity index (χ2n) is 5.17. The van der Waals surface area contributed by atoms with E-state index in [0.29, 0.717) is 18.6 Å². The summed E-state index contributed by atoms with van der Waals surface area (Å²) in [5.74, 6) is -2.96. The van der Waals surface area contributed by atoms with Crippen LogP contribution < -0.4 is 5.73 Å². The van der Waals surface area contributed by atoms with Gasteiger partial charge in [0.2, 0.25) is 5.88 Å². The SMILES string of the molecule is N#CC1=C(N)OC2=C(C(=O)CCC2)C1c1c(F)cccc1F. The molecule has 2 N–H and O–H groups in total. The van der Waals surface area contributed by atoms with Crippen LogP contribution in [0.4, 0.5) is 8.78 Å². The normalized spacial score (nSPS) is 21.3. The van der Waals surface area contributed by atoms with E-state index in [4.69, 9.17) is 10.5 Å². The van der Waals surface area contributed by atoms with E-state index < -0.39 is 17.6 Å². The summed E-state index contributed by atoms with van der Waals surface area (Å²) in [7, 11) is 0. The van der Waals surface area contributed by atoms with Crippen LogP contribution in [0.2, 0.25) is 0 Å². The highest BCUT2D eigenvalue weighted by atomic mass is 19.1. The van der Waals surface area contributed by atoms with Gasteiger partial charge in [-0.25, -0.2) is 8.78 Å². The number of allylic oxidation sites excluding steroid dienone is 3. The number of ketones is 1. The van der Waals surface area contributed by atoms with Crippen LogP contribution in [0.3, 0.4) is 0 Å². The highest BCUT2D eigenvalue weighted by Gasteiger charge is 2.40. The summed E-state index contributed by atoms with van der Waals surface area (Å²) in [4.78, 5) is 12.2. The lowest BCUT2D eigenvalue weighted by atomic mass is 9.77. The Labute approximate surface area is 125 Å². The minimum atomic E-state index is -1.15. The van der Waals surface area contributed by atoms with Gasteiger partial charge in [-0.15, -0.1) is 0 Å². The highest BCUT2D eigenvalue weighted by Crippen LogP contribution is 2.44. The van der Waals surface area contributed by atoms with Gasteiger partial charge in [-0.05, 0) is 18.6 Å². The van der Waals surface area contributed by atoms with Gasteiger partial charge in [0, 0.05) is 24.0 Å². The van der Waals surface area contributed by atoms with Gasteiger partial charge in [0.25, 0.3) is 0 Å². The Hall–Kier alpha value is -2.68. The first kappa shape index (κ1) is 14.3. The van der Waals surface area contributed by atoms with Gasteiger partial charge in [-0.2, -0.15) is 5.26 Å². The zero-order valence-corrected chi connectivity index (χ0v) is 11.5. The fourth-order valence-corrected chi connectivity index (χ4v) is 2.93. The van der Waals surface area contributed by atoms with E-state index in [1.807, 2.05) is 6.07 Å². The number of ether oxygens (including phenoxy) is 1. The largest absolute Gasteiger partial charge is 0.444 e. The number of nitrogens with zero attached hydrogens (tertiary/aromatic N) is 1. The number of hydrogen-bond donors (Lipinski definition) is 1. The fourth-order valence-electron chi connectivity index (χ4n) is 2.93. The maximum absolute atomic E-state index is 14.2. The summed E-state index contributed by atoms with van der Waals surface area (Å²) in [6.07, 6.45) is 1.29. The number of carbonyl (C=O) groups is 1. The molecule has 0 radical (unpaired) electrons. The molecule has 0 fully saturated rings. The average Bonchev–Trinajstić information content (AvgIpc) is 2.46. The van der Waals surface area contributed by atoms with Crippen LogP contribution in [0.1, 0.15) is 30.7 Å². The first-order chi connectivity index (χ1) is 10.5. The zero-order chi connectivity index (χ0) is 15.9. The summed E-state index contributed by atoms with van der Waals surface area (Å²) in [5, 5.41) is 9.30. The number of Topliss-reactive ketones (excluding diaryl/α,β-unsaturated/α-hetero) is 1. The second kappa shape index (κ2) is 5.26. The topological polar surface area (TPSA) is 76.1 Å². The molecule has 0 bridgehead atoms. The third-order valence-corrected chi connectivity index (χ3v) is 3.89. The quantitative estimate of drug-likeness (QED) is 0.865.